The molecule has 0 spiro atoms. The molecule has 3 aromatic rings. The second kappa shape index (κ2) is 5.13. The highest BCUT2D eigenvalue weighted by Crippen LogP contribution is 2.27. The average molecular weight is 318 g/mol. The average Bonchev–Trinajstić information content (AvgIpc) is 2.86. The van der Waals surface area contributed by atoms with Crippen molar-refractivity contribution in [2.75, 3.05) is 0 Å². The Morgan fingerprint density at radius 2 is 2.11 bits per heavy atom. The van der Waals surface area contributed by atoms with E-state index in [1.807, 2.05) is 36.4 Å². The van der Waals surface area contributed by atoms with E-state index in [2.05, 4.69) is 32.4 Å². The summed E-state index contributed by atoms with van der Waals surface area (Å²) in [6, 6.07) is 13.5. The zero-order valence-electron chi connectivity index (χ0n) is 10.0. The molecule has 0 aliphatic rings. The highest BCUT2D eigenvalue weighted by molar-refractivity contribution is 9.10. The molecule has 1 atom stereocenters. The van der Waals surface area contributed by atoms with Gasteiger partial charge in [-0.05, 0) is 51.8 Å². The Morgan fingerprint density at radius 1 is 1.21 bits per heavy atom. The molecule has 0 bridgehead atoms. The summed E-state index contributed by atoms with van der Waals surface area (Å²) < 4.78 is 6.25. The number of halogens is 1. The van der Waals surface area contributed by atoms with E-state index < -0.39 is 0 Å². The van der Waals surface area contributed by atoms with E-state index in [0.717, 1.165) is 22.2 Å². The number of rotatable bonds is 3. The van der Waals surface area contributed by atoms with E-state index >= 15 is 0 Å². The number of nitrogens with zero attached hydrogens (tertiary/aromatic N) is 1. The van der Waals surface area contributed by atoms with Crippen molar-refractivity contribution in [1.82, 2.24) is 10.4 Å². The Bertz CT molecular complexity index is 710. The summed E-state index contributed by atoms with van der Waals surface area (Å²) in [4.78, 5) is 4.30. The third kappa shape index (κ3) is 2.40. The van der Waals surface area contributed by atoms with Crippen molar-refractivity contribution < 1.29 is 4.42 Å². The molecule has 5 heteroatoms. The fraction of sp³-hybridized carbons (Fsp3) is 0.0714. The van der Waals surface area contributed by atoms with Gasteiger partial charge >= 0.3 is 0 Å². The first-order chi connectivity index (χ1) is 9.28. The maximum atomic E-state index is 5.65. The van der Waals surface area contributed by atoms with Gasteiger partial charge in [0.05, 0.1) is 5.52 Å². The first-order valence-corrected chi connectivity index (χ1v) is 6.63. The summed E-state index contributed by atoms with van der Waals surface area (Å²) in [5, 5.41) is 1.07. The minimum atomic E-state index is -0.184. The van der Waals surface area contributed by atoms with Gasteiger partial charge < -0.3 is 4.42 Å². The second-order valence-electron chi connectivity index (χ2n) is 4.20. The maximum Gasteiger partial charge on any atom is 0.169 e. The molecule has 2 heterocycles. The fourth-order valence-corrected chi connectivity index (χ4v) is 2.42. The van der Waals surface area contributed by atoms with Crippen LogP contribution in [0.2, 0.25) is 0 Å². The minimum Gasteiger partial charge on any atom is -0.452 e. The van der Waals surface area contributed by atoms with Gasteiger partial charge in [0, 0.05) is 11.6 Å². The Balaban J connectivity index is 2.06. The zero-order valence-corrected chi connectivity index (χ0v) is 11.6. The van der Waals surface area contributed by atoms with E-state index in [4.69, 9.17) is 10.3 Å². The summed E-state index contributed by atoms with van der Waals surface area (Å²) >= 11 is 3.30. The van der Waals surface area contributed by atoms with Gasteiger partial charge in [-0.3, -0.25) is 10.8 Å². The summed E-state index contributed by atoms with van der Waals surface area (Å²) in [6.07, 6.45) is 1.78. The number of benzene rings is 1. The van der Waals surface area contributed by atoms with Crippen molar-refractivity contribution >= 4 is 26.8 Å². The molecule has 0 saturated heterocycles. The van der Waals surface area contributed by atoms with Gasteiger partial charge in [-0.2, -0.15) is 0 Å². The van der Waals surface area contributed by atoms with Crippen molar-refractivity contribution in [3.63, 3.8) is 0 Å². The number of pyridine rings is 1. The lowest BCUT2D eigenvalue weighted by molar-refractivity contribution is 0.437. The molecule has 19 heavy (non-hydrogen) atoms. The number of aromatic nitrogens is 1. The molecule has 4 nitrogen and oxygen atoms in total. The lowest BCUT2D eigenvalue weighted by Crippen LogP contribution is -2.28. The monoisotopic (exact) mass is 317 g/mol. The summed E-state index contributed by atoms with van der Waals surface area (Å²) in [5.74, 6) is 6.41. The standard InChI is InChI=1S/C14H12BrN3O/c15-13-6-5-12(19-13)14(18-16)10-3-4-11-9(8-10)2-1-7-17-11/h1-8,14,18H,16H2. The van der Waals surface area contributed by atoms with Crippen LogP contribution in [0.3, 0.4) is 0 Å². The van der Waals surface area contributed by atoms with Gasteiger partial charge in [0.25, 0.3) is 0 Å². The van der Waals surface area contributed by atoms with E-state index in [0.29, 0.717) is 4.67 Å². The van der Waals surface area contributed by atoms with Gasteiger partial charge in [0.2, 0.25) is 0 Å². The van der Waals surface area contributed by atoms with Crippen LogP contribution in [0.5, 0.6) is 0 Å². The number of hydrogen-bond donors (Lipinski definition) is 2. The molecule has 0 radical (unpaired) electrons. The predicted molar refractivity (Wildman–Crippen MR) is 77.3 cm³/mol. The number of furan rings is 1. The molecule has 2 aromatic heterocycles. The summed E-state index contributed by atoms with van der Waals surface area (Å²) in [5.41, 5.74) is 4.77. The van der Waals surface area contributed by atoms with E-state index in [-0.39, 0.29) is 6.04 Å². The largest absolute Gasteiger partial charge is 0.452 e. The highest BCUT2D eigenvalue weighted by atomic mass is 79.9. The Labute approximate surface area is 118 Å². The molecule has 0 amide bonds. The molecular formula is C14H12BrN3O. The van der Waals surface area contributed by atoms with Crippen LogP contribution in [-0.2, 0) is 0 Å². The van der Waals surface area contributed by atoms with Crippen LogP contribution in [0.1, 0.15) is 17.4 Å². The van der Waals surface area contributed by atoms with Gasteiger partial charge in [0.1, 0.15) is 11.8 Å². The topological polar surface area (TPSA) is 64.1 Å². The van der Waals surface area contributed by atoms with Crippen LogP contribution < -0.4 is 11.3 Å². The molecule has 1 unspecified atom stereocenters. The van der Waals surface area contributed by atoms with Crippen molar-refractivity contribution in [2.24, 2.45) is 5.84 Å². The van der Waals surface area contributed by atoms with Crippen molar-refractivity contribution in [1.29, 1.82) is 0 Å². The van der Waals surface area contributed by atoms with Crippen LogP contribution >= 0.6 is 15.9 Å². The lowest BCUT2D eigenvalue weighted by atomic mass is 10.0. The van der Waals surface area contributed by atoms with Crippen LogP contribution in [0, 0.1) is 0 Å². The molecule has 0 saturated carbocycles. The first kappa shape index (κ1) is 12.3. The van der Waals surface area contributed by atoms with E-state index in [1.54, 1.807) is 6.20 Å². The number of nitrogens with one attached hydrogen (secondary N) is 1. The smallest absolute Gasteiger partial charge is 0.169 e. The minimum absolute atomic E-state index is 0.184. The predicted octanol–water partition coefficient (Wildman–Crippen LogP) is 3.14. The van der Waals surface area contributed by atoms with Crippen LogP contribution in [0.25, 0.3) is 10.9 Å². The highest BCUT2D eigenvalue weighted by Gasteiger charge is 2.16. The van der Waals surface area contributed by atoms with Crippen LogP contribution in [0.15, 0.2) is 57.7 Å². The van der Waals surface area contributed by atoms with Crippen LogP contribution in [0.4, 0.5) is 0 Å². The van der Waals surface area contributed by atoms with Gasteiger partial charge in [-0.15, -0.1) is 0 Å². The lowest BCUT2D eigenvalue weighted by Gasteiger charge is -2.14. The van der Waals surface area contributed by atoms with Crippen LogP contribution in [-0.4, -0.2) is 4.98 Å². The van der Waals surface area contributed by atoms with Crippen molar-refractivity contribution in [3.8, 4) is 0 Å². The Hall–Kier alpha value is -1.69. The number of nitrogens with two attached hydrogens (primary N) is 1. The van der Waals surface area contributed by atoms with Gasteiger partial charge in [-0.25, -0.2) is 5.43 Å². The van der Waals surface area contributed by atoms with Crippen molar-refractivity contribution in [2.45, 2.75) is 6.04 Å². The molecule has 96 valence electrons. The van der Waals surface area contributed by atoms with E-state index in [9.17, 15) is 0 Å². The Morgan fingerprint density at radius 3 is 2.84 bits per heavy atom. The normalized spacial score (nSPS) is 12.7. The van der Waals surface area contributed by atoms with Gasteiger partial charge in [-0.1, -0.05) is 12.1 Å². The second-order valence-corrected chi connectivity index (χ2v) is 4.98. The number of hydrogen-bond acceptors (Lipinski definition) is 4. The molecule has 0 aliphatic carbocycles. The molecule has 3 N–H and O–H groups in total. The SMILES string of the molecule is NNC(c1ccc2ncccc2c1)c1ccc(Br)o1. The molecule has 0 fully saturated rings. The summed E-state index contributed by atoms with van der Waals surface area (Å²) in [7, 11) is 0. The van der Waals surface area contributed by atoms with E-state index in [1.165, 1.54) is 0 Å². The Kier molecular flexibility index (Phi) is 3.33. The number of fused-ring (bicyclic) bond motifs is 1. The summed E-state index contributed by atoms with van der Waals surface area (Å²) in [6.45, 7) is 0. The molecular weight excluding hydrogens is 306 g/mol. The third-order valence-electron chi connectivity index (χ3n) is 3.01. The number of hydrazine groups is 1. The fourth-order valence-electron chi connectivity index (χ4n) is 2.10. The molecule has 1 aromatic carbocycles. The first-order valence-electron chi connectivity index (χ1n) is 5.84. The quantitative estimate of drug-likeness (QED) is 0.575. The third-order valence-corrected chi connectivity index (χ3v) is 3.43. The molecule has 3 rings (SSSR count). The molecule has 0 aliphatic heterocycles. The van der Waals surface area contributed by atoms with Gasteiger partial charge in [0.15, 0.2) is 4.67 Å². The zero-order chi connectivity index (χ0) is 13.2. The van der Waals surface area contributed by atoms with Crippen molar-refractivity contribution in [3.05, 3.63) is 64.7 Å². The maximum absolute atomic E-state index is 5.65.